The van der Waals surface area contributed by atoms with E-state index in [-0.39, 0.29) is 24.8 Å². The first-order chi connectivity index (χ1) is 13.8. The highest BCUT2D eigenvalue weighted by molar-refractivity contribution is 6.36. The highest BCUT2D eigenvalue weighted by Crippen LogP contribution is 2.27. The fourth-order valence-electron chi connectivity index (χ4n) is 2.84. The average molecular weight is 437 g/mol. The third kappa shape index (κ3) is 6.65. The number of halogens is 2. The van der Waals surface area contributed by atoms with Crippen molar-refractivity contribution in [3.05, 3.63) is 63.6 Å². The van der Waals surface area contributed by atoms with Crippen LogP contribution in [0.5, 0.6) is 5.75 Å². The molecule has 29 heavy (non-hydrogen) atoms. The number of nitrogens with zero attached hydrogens (tertiary/aromatic N) is 1. The molecule has 0 heterocycles. The van der Waals surface area contributed by atoms with Crippen LogP contribution in [0.1, 0.15) is 30.9 Å². The fraction of sp³-hybridized carbons (Fsp3) is 0.364. The molecule has 1 unspecified atom stereocenters. The van der Waals surface area contributed by atoms with Crippen LogP contribution in [0.15, 0.2) is 42.5 Å². The molecule has 0 saturated carbocycles. The van der Waals surface area contributed by atoms with Crippen LogP contribution in [-0.2, 0) is 16.1 Å². The van der Waals surface area contributed by atoms with Crippen molar-refractivity contribution < 1.29 is 14.3 Å². The van der Waals surface area contributed by atoms with Crippen molar-refractivity contribution in [1.29, 1.82) is 0 Å². The second-order valence-corrected chi connectivity index (χ2v) is 7.59. The Morgan fingerprint density at radius 2 is 1.72 bits per heavy atom. The summed E-state index contributed by atoms with van der Waals surface area (Å²) < 4.78 is 5.68. The molecule has 0 bridgehead atoms. The maximum Gasteiger partial charge on any atom is 0.242 e. The summed E-state index contributed by atoms with van der Waals surface area (Å²) in [5, 5.41) is 3.51. The minimum atomic E-state index is -0.655. The normalized spacial score (nSPS) is 11.6. The number of aryl methyl sites for hydroxylation is 1. The van der Waals surface area contributed by atoms with E-state index in [2.05, 4.69) is 5.32 Å². The summed E-state index contributed by atoms with van der Waals surface area (Å²) in [4.78, 5) is 26.6. The van der Waals surface area contributed by atoms with Gasteiger partial charge in [-0.3, -0.25) is 9.59 Å². The van der Waals surface area contributed by atoms with Gasteiger partial charge in [0.1, 0.15) is 11.8 Å². The molecule has 0 aliphatic rings. The first-order valence-corrected chi connectivity index (χ1v) is 10.2. The largest absolute Gasteiger partial charge is 0.494 e. The lowest BCUT2D eigenvalue weighted by Crippen LogP contribution is -2.46. The number of ether oxygens (including phenoxy) is 1. The molecular weight excluding hydrogens is 411 g/mol. The number of hydrogen-bond donors (Lipinski definition) is 1. The molecule has 0 fully saturated rings. The predicted octanol–water partition coefficient (Wildman–Crippen LogP) is 4.62. The van der Waals surface area contributed by atoms with Crippen LogP contribution < -0.4 is 10.1 Å². The zero-order chi connectivity index (χ0) is 21.4. The minimum Gasteiger partial charge on any atom is -0.494 e. The lowest BCUT2D eigenvalue weighted by Gasteiger charge is -2.29. The molecule has 0 radical (unpaired) electrons. The quantitative estimate of drug-likeness (QED) is 0.583. The van der Waals surface area contributed by atoms with E-state index in [1.54, 1.807) is 32.2 Å². The summed E-state index contributed by atoms with van der Waals surface area (Å²) in [6.45, 7) is 4.26. The van der Waals surface area contributed by atoms with Gasteiger partial charge in [0.15, 0.2) is 0 Å². The van der Waals surface area contributed by atoms with Crippen molar-refractivity contribution in [1.82, 2.24) is 10.2 Å². The van der Waals surface area contributed by atoms with Gasteiger partial charge >= 0.3 is 0 Å². The Hall–Kier alpha value is -2.24. The summed E-state index contributed by atoms with van der Waals surface area (Å²) in [7, 11) is 1.54. The monoisotopic (exact) mass is 436 g/mol. The first-order valence-electron chi connectivity index (χ1n) is 9.47. The predicted molar refractivity (Wildman–Crippen MR) is 116 cm³/mol. The Balaban J connectivity index is 2.02. The molecule has 1 atom stereocenters. The van der Waals surface area contributed by atoms with Crippen molar-refractivity contribution in [2.24, 2.45) is 0 Å². The van der Waals surface area contributed by atoms with Crippen molar-refractivity contribution in [3.8, 4) is 5.75 Å². The number of carbonyl (C=O) groups excluding carboxylic acids is 2. The maximum absolute atomic E-state index is 12.9. The summed E-state index contributed by atoms with van der Waals surface area (Å²) >= 11 is 12.5. The van der Waals surface area contributed by atoms with Crippen molar-refractivity contribution in [2.75, 3.05) is 13.7 Å². The van der Waals surface area contributed by atoms with Crippen LogP contribution in [0.4, 0.5) is 0 Å². The molecular formula is C22H26Cl2N2O3. The number of carbonyl (C=O) groups is 2. The molecule has 0 spiro atoms. The van der Waals surface area contributed by atoms with E-state index in [1.807, 2.05) is 31.2 Å². The first kappa shape index (κ1) is 23.0. The molecule has 156 valence electrons. The Kier molecular flexibility index (Phi) is 8.80. The number of likely N-dealkylation sites (N-methyl/N-ethyl adjacent to an activating group) is 1. The summed E-state index contributed by atoms with van der Waals surface area (Å²) in [6.07, 6.45) is 0.773. The zero-order valence-electron chi connectivity index (χ0n) is 16.9. The Morgan fingerprint density at radius 3 is 2.31 bits per heavy atom. The van der Waals surface area contributed by atoms with E-state index in [0.29, 0.717) is 28.6 Å². The van der Waals surface area contributed by atoms with Gasteiger partial charge in [0.25, 0.3) is 0 Å². The highest BCUT2D eigenvalue weighted by Gasteiger charge is 2.26. The summed E-state index contributed by atoms with van der Waals surface area (Å²) in [5.41, 5.74) is 1.78. The average Bonchev–Trinajstić information content (AvgIpc) is 2.71. The van der Waals surface area contributed by atoms with Crippen molar-refractivity contribution >= 4 is 35.0 Å². The number of benzene rings is 2. The maximum atomic E-state index is 12.9. The van der Waals surface area contributed by atoms with E-state index < -0.39 is 6.04 Å². The number of hydrogen-bond acceptors (Lipinski definition) is 3. The molecule has 2 aromatic rings. The van der Waals surface area contributed by atoms with Gasteiger partial charge in [-0.25, -0.2) is 0 Å². The Morgan fingerprint density at radius 1 is 1.10 bits per heavy atom. The van der Waals surface area contributed by atoms with Gasteiger partial charge in [0.05, 0.1) is 6.61 Å². The smallest absolute Gasteiger partial charge is 0.242 e. The molecule has 0 aromatic heterocycles. The summed E-state index contributed by atoms with van der Waals surface area (Å²) in [6, 6.07) is 12.3. The molecule has 2 aromatic carbocycles. The lowest BCUT2D eigenvalue weighted by atomic mass is 10.1. The standard InChI is InChI=1S/C22H26Cl2N2O3/c1-15-9-11-17(12-10-15)29-13-5-8-21(27)26(16(2)22(28)25-3)14-18-19(23)6-4-7-20(18)24/h4,6-7,9-12,16H,5,8,13-14H2,1-3H3,(H,25,28). The topological polar surface area (TPSA) is 58.6 Å². The second-order valence-electron chi connectivity index (χ2n) is 6.78. The van der Waals surface area contributed by atoms with Crippen molar-refractivity contribution in [2.45, 2.75) is 39.3 Å². The van der Waals surface area contributed by atoms with Gasteiger partial charge in [0, 0.05) is 35.6 Å². The molecule has 7 heteroatoms. The third-order valence-corrected chi connectivity index (χ3v) is 5.34. The molecule has 0 aliphatic carbocycles. The van der Waals surface area contributed by atoms with E-state index in [4.69, 9.17) is 27.9 Å². The highest BCUT2D eigenvalue weighted by atomic mass is 35.5. The van der Waals surface area contributed by atoms with E-state index in [1.165, 1.54) is 4.90 Å². The van der Waals surface area contributed by atoms with Crippen LogP contribution >= 0.6 is 23.2 Å². The number of nitrogens with one attached hydrogen (secondary N) is 1. The molecule has 1 N–H and O–H groups in total. The van der Waals surface area contributed by atoms with E-state index in [0.717, 1.165) is 11.3 Å². The van der Waals surface area contributed by atoms with Gasteiger partial charge in [-0.2, -0.15) is 0 Å². The van der Waals surface area contributed by atoms with Crippen molar-refractivity contribution in [3.63, 3.8) is 0 Å². The minimum absolute atomic E-state index is 0.157. The van der Waals surface area contributed by atoms with Crippen LogP contribution in [0.3, 0.4) is 0 Å². The molecule has 5 nitrogen and oxygen atoms in total. The Bertz CT molecular complexity index is 820. The third-order valence-electron chi connectivity index (χ3n) is 4.63. The van der Waals surface area contributed by atoms with Gasteiger partial charge in [-0.1, -0.05) is 47.0 Å². The van der Waals surface area contributed by atoms with Gasteiger partial charge in [-0.15, -0.1) is 0 Å². The number of rotatable bonds is 9. The number of amides is 2. The zero-order valence-corrected chi connectivity index (χ0v) is 18.4. The van der Waals surface area contributed by atoms with E-state index in [9.17, 15) is 9.59 Å². The molecule has 2 amide bonds. The van der Waals surface area contributed by atoms with Gasteiger partial charge in [0.2, 0.25) is 11.8 Å². The molecule has 0 saturated heterocycles. The van der Waals surface area contributed by atoms with Crippen LogP contribution in [0.25, 0.3) is 0 Å². The van der Waals surface area contributed by atoms with Crippen LogP contribution in [-0.4, -0.2) is 36.4 Å². The second kappa shape index (κ2) is 11.1. The van der Waals surface area contributed by atoms with Gasteiger partial charge in [-0.05, 0) is 44.5 Å². The molecule has 2 rings (SSSR count). The molecule has 0 aliphatic heterocycles. The Labute approximate surface area is 181 Å². The van der Waals surface area contributed by atoms with E-state index >= 15 is 0 Å². The van der Waals surface area contributed by atoms with Crippen LogP contribution in [0.2, 0.25) is 10.0 Å². The summed E-state index contributed by atoms with van der Waals surface area (Å²) in [5.74, 6) is 0.350. The SMILES string of the molecule is CNC(=O)C(C)N(Cc1c(Cl)cccc1Cl)C(=O)CCCOc1ccc(C)cc1. The van der Waals surface area contributed by atoms with Crippen LogP contribution in [0, 0.1) is 6.92 Å². The lowest BCUT2D eigenvalue weighted by molar-refractivity contribution is -0.140. The fourth-order valence-corrected chi connectivity index (χ4v) is 3.35. The van der Waals surface area contributed by atoms with Gasteiger partial charge < -0.3 is 15.0 Å².